The number of carbonyl (C=O) groups is 1. The molecule has 2 unspecified atom stereocenters. The second kappa shape index (κ2) is 36.9. The molecule has 4 heteroatoms. The molecule has 44 heavy (non-hydrogen) atoms. The van der Waals surface area contributed by atoms with Crippen molar-refractivity contribution < 1.29 is 15.0 Å². The number of hydrogen-bond donors (Lipinski definition) is 3. The van der Waals surface area contributed by atoms with Crippen molar-refractivity contribution in [2.24, 2.45) is 0 Å². The lowest BCUT2D eigenvalue weighted by Crippen LogP contribution is -2.45. The van der Waals surface area contributed by atoms with Crippen LogP contribution in [0.2, 0.25) is 0 Å². The van der Waals surface area contributed by atoms with Crippen LogP contribution in [-0.2, 0) is 4.79 Å². The Morgan fingerprint density at radius 3 is 1.02 bits per heavy atom. The van der Waals surface area contributed by atoms with Gasteiger partial charge in [0.1, 0.15) is 0 Å². The summed E-state index contributed by atoms with van der Waals surface area (Å²) in [4.78, 5) is 12.4. The Bertz CT molecular complexity index is 555. The molecule has 0 bridgehead atoms. The Morgan fingerprint density at radius 2 is 0.727 bits per heavy atom. The summed E-state index contributed by atoms with van der Waals surface area (Å²) in [5, 5.41) is 23.1. The average molecular weight is 624 g/mol. The molecule has 0 aromatic carbocycles. The molecule has 0 aliphatic heterocycles. The summed E-state index contributed by atoms with van der Waals surface area (Å²) >= 11 is 0. The van der Waals surface area contributed by atoms with Crippen molar-refractivity contribution >= 4 is 5.91 Å². The van der Waals surface area contributed by atoms with Crippen LogP contribution in [0.25, 0.3) is 0 Å². The predicted molar refractivity (Wildman–Crippen MR) is 193 cm³/mol. The highest BCUT2D eigenvalue weighted by atomic mass is 16.3. The van der Waals surface area contributed by atoms with Crippen molar-refractivity contribution in [2.75, 3.05) is 6.61 Å². The summed E-state index contributed by atoms with van der Waals surface area (Å²) in [5.74, 6) is -0.0274. The maximum absolute atomic E-state index is 12.4. The monoisotopic (exact) mass is 624 g/mol. The van der Waals surface area contributed by atoms with E-state index in [1.807, 2.05) is 0 Å². The fourth-order valence-corrected chi connectivity index (χ4v) is 6.48. The molecule has 0 saturated carbocycles. The molecular weight excluding hydrogens is 542 g/mol. The molecule has 0 radical (unpaired) electrons. The first-order valence-corrected chi connectivity index (χ1v) is 20.2. The van der Waals surface area contributed by atoms with Crippen LogP contribution in [0.15, 0.2) is 0 Å². The largest absolute Gasteiger partial charge is 0.394 e. The molecular formula is C40H81NO3. The van der Waals surface area contributed by atoms with E-state index in [1.54, 1.807) is 0 Å². The second-order valence-electron chi connectivity index (χ2n) is 14.1. The van der Waals surface area contributed by atoms with E-state index in [0.29, 0.717) is 12.8 Å². The molecule has 0 rings (SSSR count). The normalized spacial score (nSPS) is 12.9. The molecule has 0 aromatic heterocycles. The van der Waals surface area contributed by atoms with Gasteiger partial charge >= 0.3 is 0 Å². The van der Waals surface area contributed by atoms with Crippen LogP contribution in [0.3, 0.4) is 0 Å². The molecule has 0 aliphatic rings. The number of aliphatic hydroxyl groups is 2. The molecule has 3 N–H and O–H groups in total. The maximum Gasteiger partial charge on any atom is 0.220 e. The minimum atomic E-state index is -0.651. The van der Waals surface area contributed by atoms with E-state index in [-0.39, 0.29) is 12.5 Å². The molecule has 1 amide bonds. The number of unbranched alkanes of at least 4 members (excludes halogenated alkanes) is 30. The van der Waals surface area contributed by atoms with E-state index in [1.165, 1.54) is 180 Å². The third-order valence-electron chi connectivity index (χ3n) is 9.62. The van der Waals surface area contributed by atoms with Gasteiger partial charge in [0, 0.05) is 6.42 Å². The number of hydrogen-bond acceptors (Lipinski definition) is 3. The summed E-state index contributed by atoms with van der Waals surface area (Å²) in [7, 11) is 0. The molecule has 0 aliphatic carbocycles. The second-order valence-corrected chi connectivity index (χ2v) is 14.1. The van der Waals surface area contributed by atoms with Crippen LogP contribution in [-0.4, -0.2) is 34.9 Å². The fraction of sp³-hybridized carbons (Fsp3) is 0.975. The average Bonchev–Trinajstić information content (AvgIpc) is 3.03. The fourth-order valence-electron chi connectivity index (χ4n) is 6.48. The van der Waals surface area contributed by atoms with Gasteiger partial charge in [-0.15, -0.1) is 0 Å². The van der Waals surface area contributed by atoms with Gasteiger partial charge in [-0.05, 0) is 12.8 Å². The van der Waals surface area contributed by atoms with Crippen molar-refractivity contribution in [3.05, 3.63) is 0 Å². The highest BCUT2D eigenvalue weighted by Crippen LogP contribution is 2.16. The van der Waals surface area contributed by atoms with E-state index in [0.717, 1.165) is 25.7 Å². The highest BCUT2D eigenvalue weighted by Gasteiger charge is 2.19. The lowest BCUT2D eigenvalue weighted by molar-refractivity contribution is -0.123. The lowest BCUT2D eigenvalue weighted by atomic mass is 10.0. The molecule has 4 nitrogen and oxygen atoms in total. The van der Waals surface area contributed by atoms with E-state index >= 15 is 0 Å². The van der Waals surface area contributed by atoms with Crippen LogP contribution >= 0.6 is 0 Å². The van der Waals surface area contributed by atoms with Gasteiger partial charge in [-0.1, -0.05) is 213 Å². The Labute approximate surface area is 276 Å². The lowest BCUT2D eigenvalue weighted by Gasteiger charge is -2.22. The molecule has 0 fully saturated rings. The zero-order valence-electron chi connectivity index (χ0n) is 30.2. The zero-order chi connectivity index (χ0) is 32.2. The molecule has 0 heterocycles. The number of rotatable bonds is 37. The Kier molecular flexibility index (Phi) is 36.3. The zero-order valence-corrected chi connectivity index (χ0v) is 30.2. The van der Waals surface area contributed by atoms with Crippen LogP contribution < -0.4 is 5.32 Å². The SMILES string of the molecule is CCCCCCCCCCCCCCCCCCCCCC(=O)NC(CO)C(O)CCCCCCCCCCCCCCC. The van der Waals surface area contributed by atoms with Crippen LogP contribution in [0, 0.1) is 0 Å². The quantitative estimate of drug-likeness (QED) is 0.0603. The topological polar surface area (TPSA) is 69.6 Å². The number of nitrogens with one attached hydrogen (secondary N) is 1. The van der Waals surface area contributed by atoms with Crippen molar-refractivity contribution in [3.63, 3.8) is 0 Å². The molecule has 2 atom stereocenters. The minimum absolute atomic E-state index is 0.0274. The third kappa shape index (κ3) is 32.8. The van der Waals surface area contributed by atoms with Gasteiger partial charge in [-0.25, -0.2) is 0 Å². The highest BCUT2D eigenvalue weighted by molar-refractivity contribution is 5.76. The smallest absolute Gasteiger partial charge is 0.220 e. The summed E-state index contributed by atoms with van der Waals surface area (Å²) < 4.78 is 0. The number of aliphatic hydroxyl groups excluding tert-OH is 2. The van der Waals surface area contributed by atoms with Gasteiger partial charge in [0.25, 0.3) is 0 Å². The first-order chi connectivity index (χ1) is 21.7. The van der Waals surface area contributed by atoms with Crippen molar-refractivity contribution in [1.82, 2.24) is 5.32 Å². The Hall–Kier alpha value is -0.610. The minimum Gasteiger partial charge on any atom is -0.394 e. The van der Waals surface area contributed by atoms with E-state index in [9.17, 15) is 15.0 Å². The van der Waals surface area contributed by atoms with E-state index in [4.69, 9.17) is 0 Å². The van der Waals surface area contributed by atoms with E-state index < -0.39 is 12.1 Å². The molecule has 264 valence electrons. The maximum atomic E-state index is 12.4. The van der Waals surface area contributed by atoms with Crippen LogP contribution in [0.5, 0.6) is 0 Å². The van der Waals surface area contributed by atoms with Crippen LogP contribution in [0.4, 0.5) is 0 Å². The first kappa shape index (κ1) is 43.4. The summed E-state index contributed by atoms with van der Waals surface area (Å²) in [6.45, 7) is 4.37. The Morgan fingerprint density at radius 1 is 0.455 bits per heavy atom. The third-order valence-corrected chi connectivity index (χ3v) is 9.62. The summed E-state index contributed by atoms with van der Waals surface area (Å²) in [6.07, 6.45) is 43.1. The summed E-state index contributed by atoms with van der Waals surface area (Å²) in [5.41, 5.74) is 0. The molecule has 0 spiro atoms. The van der Waals surface area contributed by atoms with E-state index in [2.05, 4.69) is 19.2 Å². The van der Waals surface area contributed by atoms with Gasteiger partial charge in [0.15, 0.2) is 0 Å². The molecule has 0 aromatic rings. The van der Waals surface area contributed by atoms with Gasteiger partial charge in [0.05, 0.1) is 18.8 Å². The van der Waals surface area contributed by atoms with Gasteiger partial charge in [-0.3, -0.25) is 4.79 Å². The number of carbonyl (C=O) groups excluding carboxylic acids is 1. The van der Waals surface area contributed by atoms with Gasteiger partial charge < -0.3 is 15.5 Å². The summed E-state index contributed by atoms with van der Waals surface area (Å²) in [6, 6.07) is -0.528. The van der Waals surface area contributed by atoms with Gasteiger partial charge in [-0.2, -0.15) is 0 Å². The van der Waals surface area contributed by atoms with Crippen molar-refractivity contribution in [1.29, 1.82) is 0 Å². The van der Waals surface area contributed by atoms with Crippen molar-refractivity contribution in [3.8, 4) is 0 Å². The van der Waals surface area contributed by atoms with Crippen LogP contribution in [0.1, 0.15) is 232 Å². The standard InChI is InChI=1S/C40H81NO3/c1-3-5-7-9-11-13-15-17-18-19-20-21-22-24-26-28-30-32-34-36-40(44)41-38(37-42)39(43)35-33-31-29-27-25-23-16-14-12-10-8-6-4-2/h38-39,42-43H,3-37H2,1-2H3,(H,41,44). The van der Waals surface area contributed by atoms with Gasteiger partial charge in [0.2, 0.25) is 5.91 Å². The molecule has 0 saturated heterocycles. The van der Waals surface area contributed by atoms with Crippen molar-refractivity contribution in [2.45, 2.75) is 244 Å². The Balaban J connectivity index is 3.48. The first-order valence-electron chi connectivity index (χ1n) is 20.2. The predicted octanol–water partition coefficient (Wildman–Crippen LogP) is 12.1. The number of amides is 1.